The first-order valence-electron chi connectivity index (χ1n) is 7.11. The fourth-order valence-electron chi connectivity index (χ4n) is 2.67. The molecule has 1 N–H and O–H groups in total. The number of hydrogen-bond donors (Lipinski definition) is 1. The van der Waals surface area contributed by atoms with Gasteiger partial charge in [-0.1, -0.05) is 12.8 Å². The number of hydrogen-bond acceptors (Lipinski definition) is 3. The third kappa shape index (κ3) is 3.48. The molecule has 4 nitrogen and oxygen atoms in total. The summed E-state index contributed by atoms with van der Waals surface area (Å²) < 4.78 is 7.79. The van der Waals surface area contributed by atoms with Gasteiger partial charge in [-0.3, -0.25) is 0 Å². The molecule has 0 saturated heterocycles. The molecule has 1 aromatic rings. The minimum absolute atomic E-state index is 0.229. The van der Waals surface area contributed by atoms with Crippen molar-refractivity contribution in [1.82, 2.24) is 9.55 Å². The Bertz CT molecular complexity index is 369. The molecule has 2 rings (SSSR count). The number of rotatable bonds is 6. The van der Waals surface area contributed by atoms with Crippen LogP contribution in [0.15, 0.2) is 6.20 Å². The van der Waals surface area contributed by atoms with Crippen LogP contribution in [0.5, 0.6) is 0 Å². The number of nitrogens with zero attached hydrogens (tertiary/aromatic N) is 2. The van der Waals surface area contributed by atoms with E-state index in [1.165, 1.54) is 25.7 Å². The van der Waals surface area contributed by atoms with Gasteiger partial charge in [0, 0.05) is 18.8 Å². The highest BCUT2D eigenvalue weighted by Crippen LogP contribution is 2.22. The smallest absolute Gasteiger partial charge is 0.203 e. The maximum Gasteiger partial charge on any atom is 0.203 e. The molecule has 0 aliphatic heterocycles. The van der Waals surface area contributed by atoms with Gasteiger partial charge in [0.1, 0.15) is 0 Å². The maximum absolute atomic E-state index is 5.60. The third-order valence-electron chi connectivity index (χ3n) is 3.49. The average molecular weight is 251 g/mol. The van der Waals surface area contributed by atoms with Gasteiger partial charge < -0.3 is 14.6 Å². The molecule has 1 unspecified atom stereocenters. The molecule has 1 atom stereocenters. The minimum Gasteiger partial charge on any atom is -0.377 e. The fraction of sp³-hybridized carbons (Fsp3) is 0.786. The second-order valence-electron chi connectivity index (χ2n) is 5.25. The predicted molar refractivity (Wildman–Crippen MR) is 73.9 cm³/mol. The lowest BCUT2D eigenvalue weighted by Crippen LogP contribution is -2.21. The predicted octanol–water partition coefficient (Wildman–Crippen LogP) is 2.97. The number of anilines is 1. The van der Waals surface area contributed by atoms with Gasteiger partial charge in [0.05, 0.1) is 18.3 Å². The molecule has 0 spiro atoms. The van der Waals surface area contributed by atoms with Crippen LogP contribution in [0, 0.1) is 6.92 Å². The monoisotopic (exact) mass is 251 g/mol. The molecule has 1 aromatic heterocycles. The van der Waals surface area contributed by atoms with Gasteiger partial charge in [-0.25, -0.2) is 4.98 Å². The summed E-state index contributed by atoms with van der Waals surface area (Å²) in [7, 11) is 0. The second kappa shape index (κ2) is 6.23. The Morgan fingerprint density at radius 1 is 1.50 bits per heavy atom. The van der Waals surface area contributed by atoms with E-state index < -0.39 is 0 Å². The van der Waals surface area contributed by atoms with Crippen molar-refractivity contribution in [2.24, 2.45) is 0 Å². The standard InChI is InChI=1S/C14H25N3O/c1-4-18-12(3)10-17-9-11(2)15-14(17)16-13-7-5-6-8-13/h9,12-13H,4-8,10H2,1-3H3,(H,15,16). The van der Waals surface area contributed by atoms with Crippen LogP contribution in [0.25, 0.3) is 0 Å². The summed E-state index contributed by atoms with van der Waals surface area (Å²) in [6.07, 6.45) is 7.55. The van der Waals surface area contributed by atoms with Crippen LogP contribution in [0.3, 0.4) is 0 Å². The first-order chi connectivity index (χ1) is 8.69. The lowest BCUT2D eigenvalue weighted by molar-refractivity contribution is 0.0644. The molecule has 102 valence electrons. The summed E-state index contributed by atoms with van der Waals surface area (Å²) in [6.45, 7) is 7.82. The molecule has 1 aliphatic rings. The van der Waals surface area contributed by atoms with E-state index in [9.17, 15) is 0 Å². The average Bonchev–Trinajstić information content (AvgIpc) is 2.90. The van der Waals surface area contributed by atoms with Crippen LogP contribution in [-0.4, -0.2) is 28.3 Å². The van der Waals surface area contributed by atoms with E-state index in [0.717, 1.165) is 24.8 Å². The van der Waals surface area contributed by atoms with Gasteiger partial charge in [0.2, 0.25) is 5.95 Å². The number of imidazole rings is 1. The van der Waals surface area contributed by atoms with E-state index in [1.54, 1.807) is 0 Å². The second-order valence-corrected chi connectivity index (χ2v) is 5.25. The SMILES string of the molecule is CCOC(C)Cn1cc(C)nc1NC1CCCC1. The lowest BCUT2D eigenvalue weighted by Gasteiger charge is -2.17. The zero-order valence-corrected chi connectivity index (χ0v) is 11.8. The van der Waals surface area contributed by atoms with Gasteiger partial charge in [-0.2, -0.15) is 0 Å². The van der Waals surface area contributed by atoms with E-state index in [2.05, 4.69) is 28.0 Å². The Balaban J connectivity index is 1.99. The van der Waals surface area contributed by atoms with E-state index in [0.29, 0.717) is 6.04 Å². The van der Waals surface area contributed by atoms with Crippen molar-refractivity contribution < 1.29 is 4.74 Å². The van der Waals surface area contributed by atoms with Crippen LogP contribution in [0.4, 0.5) is 5.95 Å². The Labute approximate surface area is 110 Å². The molecule has 0 amide bonds. The molecule has 1 saturated carbocycles. The topological polar surface area (TPSA) is 39.1 Å². The van der Waals surface area contributed by atoms with E-state index in [4.69, 9.17) is 4.74 Å². The normalized spacial score (nSPS) is 18.2. The minimum atomic E-state index is 0.229. The van der Waals surface area contributed by atoms with Crippen molar-refractivity contribution in [3.8, 4) is 0 Å². The lowest BCUT2D eigenvalue weighted by atomic mass is 10.2. The summed E-state index contributed by atoms with van der Waals surface area (Å²) in [5.74, 6) is 1.01. The van der Waals surface area contributed by atoms with Crippen LogP contribution in [0.2, 0.25) is 0 Å². The Morgan fingerprint density at radius 3 is 2.89 bits per heavy atom. The van der Waals surface area contributed by atoms with E-state index >= 15 is 0 Å². The highest BCUT2D eigenvalue weighted by atomic mass is 16.5. The van der Waals surface area contributed by atoms with Crippen molar-refractivity contribution in [2.45, 2.75) is 65.1 Å². The molecule has 1 aliphatic carbocycles. The first kappa shape index (κ1) is 13.4. The summed E-state index contributed by atoms with van der Waals surface area (Å²) in [5, 5.41) is 3.57. The first-order valence-corrected chi connectivity index (χ1v) is 7.11. The molecule has 1 heterocycles. The fourth-order valence-corrected chi connectivity index (χ4v) is 2.67. The summed E-state index contributed by atoms with van der Waals surface area (Å²) in [5.41, 5.74) is 1.07. The van der Waals surface area contributed by atoms with Gasteiger partial charge in [-0.05, 0) is 33.6 Å². The Kier molecular flexibility index (Phi) is 4.64. The van der Waals surface area contributed by atoms with Crippen molar-refractivity contribution in [1.29, 1.82) is 0 Å². The number of ether oxygens (including phenoxy) is 1. The van der Waals surface area contributed by atoms with Crippen LogP contribution in [0.1, 0.15) is 45.2 Å². The highest BCUT2D eigenvalue weighted by molar-refractivity contribution is 5.30. The molecule has 18 heavy (non-hydrogen) atoms. The van der Waals surface area contributed by atoms with Crippen LogP contribution < -0.4 is 5.32 Å². The molecule has 4 heteroatoms. The van der Waals surface area contributed by atoms with Gasteiger partial charge in [-0.15, -0.1) is 0 Å². The number of aryl methyl sites for hydroxylation is 1. The Hall–Kier alpha value is -1.03. The molecule has 0 bridgehead atoms. The van der Waals surface area contributed by atoms with Gasteiger partial charge in [0.15, 0.2) is 0 Å². The van der Waals surface area contributed by atoms with Crippen molar-refractivity contribution in [3.63, 3.8) is 0 Å². The Morgan fingerprint density at radius 2 is 2.22 bits per heavy atom. The van der Waals surface area contributed by atoms with Gasteiger partial charge >= 0.3 is 0 Å². The van der Waals surface area contributed by atoms with Crippen molar-refractivity contribution in [3.05, 3.63) is 11.9 Å². The molecular weight excluding hydrogens is 226 g/mol. The summed E-state index contributed by atoms with van der Waals surface area (Å²) in [6, 6.07) is 0.605. The largest absolute Gasteiger partial charge is 0.377 e. The van der Waals surface area contributed by atoms with E-state index in [-0.39, 0.29) is 6.10 Å². The quantitative estimate of drug-likeness (QED) is 0.845. The van der Waals surface area contributed by atoms with Crippen LogP contribution >= 0.6 is 0 Å². The van der Waals surface area contributed by atoms with Crippen molar-refractivity contribution >= 4 is 5.95 Å². The van der Waals surface area contributed by atoms with E-state index in [1.807, 2.05) is 13.8 Å². The van der Waals surface area contributed by atoms with Crippen molar-refractivity contribution in [2.75, 3.05) is 11.9 Å². The molecule has 1 fully saturated rings. The summed E-state index contributed by atoms with van der Waals surface area (Å²) >= 11 is 0. The summed E-state index contributed by atoms with van der Waals surface area (Å²) in [4.78, 5) is 4.58. The highest BCUT2D eigenvalue weighted by Gasteiger charge is 2.17. The zero-order chi connectivity index (χ0) is 13.0. The number of aromatic nitrogens is 2. The molecule has 0 radical (unpaired) electrons. The molecular formula is C14H25N3O. The number of nitrogens with one attached hydrogen (secondary N) is 1. The maximum atomic E-state index is 5.60. The van der Waals surface area contributed by atoms with Crippen LogP contribution in [-0.2, 0) is 11.3 Å². The van der Waals surface area contributed by atoms with Gasteiger partial charge in [0.25, 0.3) is 0 Å². The zero-order valence-electron chi connectivity index (χ0n) is 11.8. The molecule has 0 aromatic carbocycles. The third-order valence-corrected chi connectivity index (χ3v) is 3.49.